The average Bonchev–Trinajstić information content (AvgIpc) is 3.31. The van der Waals surface area contributed by atoms with Gasteiger partial charge in [0.2, 0.25) is 10.0 Å². The molecule has 0 spiro atoms. The van der Waals surface area contributed by atoms with Gasteiger partial charge in [-0.15, -0.1) is 0 Å². The summed E-state index contributed by atoms with van der Waals surface area (Å²) in [6, 6.07) is 8.91. The first-order valence-corrected chi connectivity index (χ1v) is 10.3. The molecule has 9 heteroatoms. The van der Waals surface area contributed by atoms with Crippen LogP contribution in [-0.2, 0) is 26.0 Å². The predicted octanol–water partition coefficient (Wildman–Crippen LogP) is 1.60. The van der Waals surface area contributed by atoms with Crippen molar-refractivity contribution in [1.29, 1.82) is 0 Å². The second kappa shape index (κ2) is 8.64. The highest BCUT2D eigenvalue weighted by atomic mass is 32.2. The Hall–Kier alpha value is -2.23. The number of carboxylic acids is 1. The minimum absolute atomic E-state index is 0.0427. The van der Waals surface area contributed by atoms with Crippen LogP contribution in [-0.4, -0.2) is 48.5 Å². The summed E-state index contributed by atoms with van der Waals surface area (Å²) < 4.78 is 35.1. The Bertz CT molecular complexity index is 860. The number of aromatic nitrogens is 2. The van der Waals surface area contributed by atoms with Crippen molar-refractivity contribution in [3.8, 4) is 0 Å². The van der Waals surface area contributed by atoms with Gasteiger partial charge < -0.3 is 9.84 Å². The molecule has 2 unspecified atom stereocenters. The largest absolute Gasteiger partial charge is 0.481 e. The Labute approximate surface area is 158 Å². The summed E-state index contributed by atoms with van der Waals surface area (Å²) in [5.74, 6) is -0.957. The molecular formula is C18H23N3O5S. The van der Waals surface area contributed by atoms with Gasteiger partial charge in [0.1, 0.15) is 4.90 Å². The van der Waals surface area contributed by atoms with Crippen LogP contribution in [0.1, 0.15) is 30.9 Å². The molecule has 0 aliphatic carbocycles. The van der Waals surface area contributed by atoms with Crippen molar-refractivity contribution in [1.82, 2.24) is 14.5 Å². The Balaban J connectivity index is 1.73. The maximum Gasteiger partial charge on any atom is 0.303 e. The van der Waals surface area contributed by atoms with E-state index in [9.17, 15) is 13.2 Å². The summed E-state index contributed by atoms with van der Waals surface area (Å²) in [6.07, 6.45) is 4.12. The van der Waals surface area contributed by atoms with E-state index in [-0.39, 0.29) is 23.8 Å². The molecule has 2 aromatic rings. The lowest BCUT2D eigenvalue weighted by molar-refractivity contribution is -0.137. The fraction of sp³-hybridized carbons (Fsp3) is 0.444. The van der Waals surface area contributed by atoms with Crippen LogP contribution in [0.4, 0.5) is 0 Å². The summed E-state index contributed by atoms with van der Waals surface area (Å²) in [7, 11) is -3.80. The maximum absolute atomic E-state index is 12.8. The highest BCUT2D eigenvalue weighted by Crippen LogP contribution is 2.20. The van der Waals surface area contributed by atoms with E-state index >= 15 is 0 Å². The van der Waals surface area contributed by atoms with Crippen LogP contribution < -0.4 is 4.72 Å². The SMILES string of the molecule is O=C(O)CCC(Cc1ccccc1)NS(=O)(=O)c1cnn(C2CCOC2)c1. The molecule has 8 nitrogen and oxygen atoms in total. The van der Waals surface area contributed by atoms with Gasteiger partial charge in [0.05, 0.1) is 18.8 Å². The van der Waals surface area contributed by atoms with Crippen LogP contribution in [0, 0.1) is 0 Å². The number of hydrogen-bond acceptors (Lipinski definition) is 5. The highest BCUT2D eigenvalue weighted by molar-refractivity contribution is 7.89. The minimum Gasteiger partial charge on any atom is -0.481 e. The third-order valence-electron chi connectivity index (χ3n) is 4.52. The first-order valence-electron chi connectivity index (χ1n) is 8.84. The Morgan fingerprint density at radius 1 is 1.37 bits per heavy atom. The van der Waals surface area contributed by atoms with Crippen molar-refractivity contribution in [3.63, 3.8) is 0 Å². The minimum atomic E-state index is -3.80. The van der Waals surface area contributed by atoms with E-state index in [0.29, 0.717) is 19.6 Å². The standard InChI is InChI=1S/C18H23N3O5S/c22-18(23)7-6-15(10-14-4-2-1-3-5-14)20-27(24,25)17-11-19-21(12-17)16-8-9-26-13-16/h1-5,11-12,15-16,20H,6-10,13H2,(H,22,23). The molecule has 27 heavy (non-hydrogen) atoms. The van der Waals surface area contributed by atoms with E-state index in [4.69, 9.17) is 9.84 Å². The molecule has 1 aromatic carbocycles. The van der Waals surface area contributed by atoms with Gasteiger partial charge in [-0.3, -0.25) is 9.48 Å². The zero-order valence-corrected chi connectivity index (χ0v) is 15.6. The van der Waals surface area contributed by atoms with Crippen molar-refractivity contribution in [3.05, 3.63) is 48.3 Å². The van der Waals surface area contributed by atoms with Gasteiger partial charge in [0, 0.05) is 25.3 Å². The van der Waals surface area contributed by atoms with Crippen LogP contribution in [0.25, 0.3) is 0 Å². The number of ether oxygens (including phenoxy) is 1. The molecule has 1 aliphatic heterocycles. The number of rotatable bonds is 9. The average molecular weight is 393 g/mol. The highest BCUT2D eigenvalue weighted by Gasteiger charge is 2.25. The molecule has 1 fully saturated rings. The van der Waals surface area contributed by atoms with Gasteiger partial charge in [-0.05, 0) is 24.8 Å². The second-order valence-corrected chi connectivity index (χ2v) is 8.33. The van der Waals surface area contributed by atoms with Gasteiger partial charge in [0.25, 0.3) is 0 Å². The van der Waals surface area contributed by atoms with Gasteiger partial charge >= 0.3 is 5.97 Å². The summed E-state index contributed by atoms with van der Waals surface area (Å²) in [4.78, 5) is 11.0. The van der Waals surface area contributed by atoms with Crippen molar-refractivity contribution in [2.24, 2.45) is 0 Å². The summed E-state index contributed by atoms with van der Waals surface area (Å²) in [5.41, 5.74) is 0.939. The molecular weight excluding hydrogens is 370 g/mol. The molecule has 0 bridgehead atoms. The number of carboxylic acid groups (broad SMARTS) is 1. The number of sulfonamides is 1. The Morgan fingerprint density at radius 2 is 2.15 bits per heavy atom. The molecule has 0 saturated carbocycles. The normalized spacial score (nSPS) is 18.4. The van der Waals surface area contributed by atoms with E-state index in [1.165, 1.54) is 12.4 Å². The lowest BCUT2D eigenvalue weighted by Gasteiger charge is -2.18. The van der Waals surface area contributed by atoms with E-state index in [1.54, 1.807) is 4.68 Å². The Morgan fingerprint density at radius 3 is 2.81 bits per heavy atom. The topological polar surface area (TPSA) is 111 Å². The van der Waals surface area contributed by atoms with Crippen LogP contribution in [0.15, 0.2) is 47.6 Å². The van der Waals surface area contributed by atoms with E-state index in [2.05, 4.69) is 9.82 Å². The maximum atomic E-state index is 12.8. The molecule has 2 atom stereocenters. The zero-order chi connectivity index (χ0) is 19.3. The molecule has 146 valence electrons. The molecule has 1 saturated heterocycles. The second-order valence-electron chi connectivity index (χ2n) is 6.61. The summed E-state index contributed by atoms with van der Waals surface area (Å²) in [5, 5.41) is 13.1. The zero-order valence-electron chi connectivity index (χ0n) is 14.8. The number of hydrogen-bond donors (Lipinski definition) is 2. The number of benzene rings is 1. The summed E-state index contributed by atoms with van der Waals surface area (Å²) >= 11 is 0. The summed E-state index contributed by atoms with van der Waals surface area (Å²) in [6.45, 7) is 1.16. The van der Waals surface area contributed by atoms with Crippen molar-refractivity contribution >= 4 is 16.0 Å². The smallest absolute Gasteiger partial charge is 0.303 e. The fourth-order valence-corrected chi connectivity index (χ4v) is 4.28. The quantitative estimate of drug-likeness (QED) is 0.669. The van der Waals surface area contributed by atoms with E-state index in [0.717, 1.165) is 12.0 Å². The number of aliphatic carboxylic acids is 1. The van der Waals surface area contributed by atoms with Gasteiger partial charge in [-0.1, -0.05) is 30.3 Å². The fourth-order valence-electron chi connectivity index (χ4n) is 3.08. The monoisotopic (exact) mass is 393 g/mol. The first kappa shape index (κ1) is 19.5. The molecule has 2 N–H and O–H groups in total. The lowest BCUT2D eigenvalue weighted by atomic mass is 10.0. The molecule has 2 heterocycles. The van der Waals surface area contributed by atoms with E-state index < -0.39 is 22.0 Å². The third-order valence-corrected chi connectivity index (χ3v) is 6.00. The molecule has 1 aromatic heterocycles. The molecule has 0 amide bonds. The Kier molecular flexibility index (Phi) is 6.25. The van der Waals surface area contributed by atoms with Crippen molar-refractivity contribution < 1.29 is 23.1 Å². The van der Waals surface area contributed by atoms with Crippen molar-refractivity contribution in [2.45, 2.75) is 42.7 Å². The number of nitrogens with one attached hydrogen (secondary N) is 1. The molecule has 0 radical (unpaired) electrons. The van der Waals surface area contributed by atoms with Crippen LogP contribution in [0.5, 0.6) is 0 Å². The van der Waals surface area contributed by atoms with Gasteiger partial charge in [0.15, 0.2) is 0 Å². The van der Waals surface area contributed by atoms with Crippen molar-refractivity contribution in [2.75, 3.05) is 13.2 Å². The molecule has 3 rings (SSSR count). The van der Waals surface area contributed by atoms with Gasteiger partial charge in [-0.25, -0.2) is 13.1 Å². The molecule has 1 aliphatic rings. The van der Waals surface area contributed by atoms with Crippen LogP contribution in [0.3, 0.4) is 0 Å². The third kappa shape index (κ3) is 5.38. The van der Waals surface area contributed by atoms with Crippen LogP contribution >= 0.6 is 0 Å². The van der Waals surface area contributed by atoms with Crippen LogP contribution in [0.2, 0.25) is 0 Å². The predicted molar refractivity (Wildman–Crippen MR) is 97.8 cm³/mol. The van der Waals surface area contributed by atoms with E-state index in [1.807, 2.05) is 30.3 Å². The first-order chi connectivity index (χ1) is 12.9. The van der Waals surface area contributed by atoms with Gasteiger partial charge in [-0.2, -0.15) is 5.10 Å². The lowest BCUT2D eigenvalue weighted by Crippen LogP contribution is -2.36. The number of nitrogens with zero attached hydrogens (tertiary/aromatic N) is 2. The number of carbonyl (C=O) groups is 1.